The summed E-state index contributed by atoms with van der Waals surface area (Å²) in [4.78, 5) is 18.6. The van der Waals surface area contributed by atoms with Gasteiger partial charge >= 0.3 is 5.97 Å². The summed E-state index contributed by atoms with van der Waals surface area (Å²) in [6.45, 7) is 8.70. The number of likely N-dealkylation sites (N-methyl/N-ethyl adjacent to an activating group) is 1. The van der Waals surface area contributed by atoms with Crippen LogP contribution < -0.4 is 4.90 Å². The minimum absolute atomic E-state index is 0.00649. The first kappa shape index (κ1) is 18.9. The van der Waals surface area contributed by atoms with Gasteiger partial charge in [-0.3, -0.25) is 4.99 Å². The maximum Gasteiger partial charge on any atom is 0.337 e. The standard InChI is InChI=1S/C23H26N2O2/c1-15-10-21-20(16(2)13-23(3,4)25(21)5)12-18(15)14-24-19-9-7-8-17(11-19)22(26)27-6/h7-14H,1-6H3. The summed E-state index contributed by atoms with van der Waals surface area (Å²) < 4.78 is 4.77. The summed E-state index contributed by atoms with van der Waals surface area (Å²) in [5.41, 5.74) is 7.19. The van der Waals surface area contributed by atoms with Crippen LogP contribution in [-0.2, 0) is 4.74 Å². The molecule has 0 aromatic heterocycles. The molecule has 3 rings (SSSR count). The van der Waals surface area contributed by atoms with E-state index in [9.17, 15) is 4.79 Å². The van der Waals surface area contributed by atoms with Crippen LogP contribution in [0.2, 0.25) is 0 Å². The maximum absolute atomic E-state index is 11.7. The van der Waals surface area contributed by atoms with Crippen LogP contribution in [0.3, 0.4) is 0 Å². The lowest BCUT2D eigenvalue weighted by Crippen LogP contribution is -2.42. The van der Waals surface area contributed by atoms with E-state index >= 15 is 0 Å². The zero-order chi connectivity index (χ0) is 19.8. The monoisotopic (exact) mass is 362 g/mol. The molecule has 4 nitrogen and oxygen atoms in total. The number of anilines is 1. The number of fused-ring (bicyclic) bond motifs is 1. The highest BCUT2D eigenvalue weighted by molar-refractivity contribution is 5.92. The van der Waals surface area contributed by atoms with Crippen molar-refractivity contribution in [2.75, 3.05) is 19.1 Å². The lowest BCUT2D eigenvalue weighted by atomic mass is 9.87. The second-order valence-corrected chi connectivity index (χ2v) is 7.57. The number of carbonyl (C=O) groups is 1. The van der Waals surface area contributed by atoms with Gasteiger partial charge in [0.25, 0.3) is 0 Å². The van der Waals surface area contributed by atoms with Crippen molar-refractivity contribution in [1.82, 2.24) is 0 Å². The van der Waals surface area contributed by atoms with E-state index in [2.05, 4.69) is 62.8 Å². The zero-order valence-corrected chi connectivity index (χ0v) is 16.8. The molecule has 1 aliphatic heterocycles. The number of hydrogen-bond donors (Lipinski definition) is 0. The normalized spacial score (nSPS) is 15.5. The van der Waals surface area contributed by atoms with E-state index in [1.165, 1.54) is 29.5 Å². The molecule has 0 unspecified atom stereocenters. The molecule has 27 heavy (non-hydrogen) atoms. The Morgan fingerprint density at radius 1 is 1.19 bits per heavy atom. The highest BCUT2D eigenvalue weighted by Crippen LogP contribution is 2.39. The Balaban J connectivity index is 1.97. The van der Waals surface area contributed by atoms with E-state index in [1.54, 1.807) is 12.1 Å². The lowest BCUT2D eigenvalue weighted by Gasteiger charge is -2.41. The summed E-state index contributed by atoms with van der Waals surface area (Å²) in [5.74, 6) is -0.358. The van der Waals surface area contributed by atoms with Gasteiger partial charge in [-0.05, 0) is 74.7 Å². The summed E-state index contributed by atoms with van der Waals surface area (Å²) in [6, 6.07) is 11.6. The van der Waals surface area contributed by atoms with Gasteiger partial charge in [-0.25, -0.2) is 4.79 Å². The first-order valence-electron chi connectivity index (χ1n) is 9.03. The molecule has 0 spiro atoms. The molecule has 1 aliphatic rings. The van der Waals surface area contributed by atoms with Crippen molar-refractivity contribution in [3.05, 3.63) is 64.7 Å². The Bertz CT molecular complexity index is 955. The Morgan fingerprint density at radius 2 is 1.93 bits per heavy atom. The largest absolute Gasteiger partial charge is 0.465 e. The highest BCUT2D eigenvalue weighted by Gasteiger charge is 2.28. The van der Waals surface area contributed by atoms with Crippen molar-refractivity contribution in [3.63, 3.8) is 0 Å². The Morgan fingerprint density at radius 3 is 2.63 bits per heavy atom. The van der Waals surface area contributed by atoms with Gasteiger partial charge in [0.05, 0.1) is 23.9 Å². The van der Waals surface area contributed by atoms with Crippen LogP contribution in [-0.4, -0.2) is 31.9 Å². The Kier molecular flexibility index (Phi) is 4.92. The molecular weight excluding hydrogens is 336 g/mol. The van der Waals surface area contributed by atoms with Crippen LogP contribution in [0.25, 0.3) is 5.57 Å². The third kappa shape index (κ3) is 3.65. The number of nitrogens with zero attached hydrogens (tertiary/aromatic N) is 2. The first-order chi connectivity index (χ1) is 12.7. The van der Waals surface area contributed by atoms with Crippen molar-refractivity contribution in [2.24, 2.45) is 4.99 Å². The van der Waals surface area contributed by atoms with Gasteiger partial charge in [0.15, 0.2) is 0 Å². The van der Waals surface area contributed by atoms with Crippen LogP contribution in [0.15, 0.2) is 47.5 Å². The molecule has 0 aliphatic carbocycles. The van der Waals surface area contributed by atoms with Crippen LogP contribution in [0.1, 0.15) is 47.8 Å². The molecule has 0 atom stereocenters. The van der Waals surface area contributed by atoms with Crippen LogP contribution in [0, 0.1) is 6.92 Å². The number of carbonyl (C=O) groups excluding carboxylic acids is 1. The van der Waals surface area contributed by atoms with Crippen LogP contribution >= 0.6 is 0 Å². The number of ether oxygens (including phenoxy) is 1. The van der Waals surface area contributed by atoms with Gasteiger partial charge in [0.2, 0.25) is 0 Å². The van der Waals surface area contributed by atoms with Crippen molar-refractivity contribution in [3.8, 4) is 0 Å². The van der Waals surface area contributed by atoms with Gasteiger partial charge in [-0.1, -0.05) is 12.1 Å². The fourth-order valence-corrected chi connectivity index (χ4v) is 3.43. The molecule has 1 heterocycles. The van der Waals surface area contributed by atoms with Crippen molar-refractivity contribution < 1.29 is 9.53 Å². The van der Waals surface area contributed by atoms with E-state index in [4.69, 9.17) is 4.74 Å². The predicted octanol–water partition coefficient (Wildman–Crippen LogP) is 5.16. The van der Waals surface area contributed by atoms with E-state index in [1.807, 2.05) is 18.3 Å². The molecule has 0 saturated carbocycles. The van der Waals surface area contributed by atoms with E-state index in [0.29, 0.717) is 5.56 Å². The molecule has 2 aromatic rings. The van der Waals surface area contributed by atoms with Gasteiger partial charge in [0, 0.05) is 24.5 Å². The highest BCUT2D eigenvalue weighted by atomic mass is 16.5. The van der Waals surface area contributed by atoms with Crippen molar-refractivity contribution in [2.45, 2.75) is 33.2 Å². The first-order valence-corrected chi connectivity index (χ1v) is 9.03. The van der Waals surface area contributed by atoms with Gasteiger partial charge < -0.3 is 9.64 Å². The Hall–Kier alpha value is -2.88. The SMILES string of the molecule is COC(=O)c1cccc(N=Cc2cc3c(cc2C)N(C)C(C)(C)C=C3C)c1. The number of aryl methyl sites for hydroxylation is 1. The van der Waals surface area contributed by atoms with Gasteiger partial charge in [0.1, 0.15) is 0 Å². The summed E-state index contributed by atoms with van der Waals surface area (Å²) in [6.07, 6.45) is 4.16. The van der Waals surface area contributed by atoms with Crippen LogP contribution in [0.5, 0.6) is 0 Å². The van der Waals surface area contributed by atoms with E-state index < -0.39 is 0 Å². The van der Waals surface area contributed by atoms with Crippen LogP contribution in [0.4, 0.5) is 11.4 Å². The van der Waals surface area contributed by atoms with E-state index in [-0.39, 0.29) is 11.5 Å². The molecule has 0 fully saturated rings. The molecule has 0 radical (unpaired) electrons. The smallest absolute Gasteiger partial charge is 0.337 e. The minimum atomic E-state index is -0.358. The topological polar surface area (TPSA) is 41.9 Å². The summed E-state index contributed by atoms with van der Waals surface area (Å²) in [5, 5.41) is 0. The number of hydrogen-bond acceptors (Lipinski definition) is 4. The lowest BCUT2D eigenvalue weighted by molar-refractivity contribution is 0.0601. The molecule has 0 bridgehead atoms. The average Bonchev–Trinajstić information content (AvgIpc) is 2.64. The number of rotatable bonds is 3. The molecule has 4 heteroatoms. The fourth-order valence-electron chi connectivity index (χ4n) is 3.43. The Labute approximate surface area is 161 Å². The summed E-state index contributed by atoms with van der Waals surface area (Å²) >= 11 is 0. The van der Waals surface area contributed by atoms with Crippen molar-refractivity contribution >= 4 is 29.1 Å². The number of esters is 1. The minimum Gasteiger partial charge on any atom is -0.465 e. The fraction of sp³-hybridized carbons (Fsp3) is 0.304. The molecule has 0 amide bonds. The quantitative estimate of drug-likeness (QED) is 0.559. The average molecular weight is 362 g/mol. The third-order valence-electron chi connectivity index (χ3n) is 5.22. The predicted molar refractivity (Wildman–Crippen MR) is 112 cm³/mol. The molecule has 0 saturated heterocycles. The third-order valence-corrected chi connectivity index (χ3v) is 5.22. The number of benzene rings is 2. The van der Waals surface area contributed by atoms with E-state index in [0.717, 1.165) is 11.3 Å². The molecular formula is C23H26N2O2. The van der Waals surface area contributed by atoms with Crippen molar-refractivity contribution in [1.29, 1.82) is 0 Å². The number of aliphatic imine (C=N–C) groups is 1. The zero-order valence-electron chi connectivity index (χ0n) is 16.8. The maximum atomic E-state index is 11.7. The second kappa shape index (κ2) is 7.03. The van der Waals surface area contributed by atoms with Gasteiger partial charge in [-0.2, -0.15) is 0 Å². The molecule has 0 N–H and O–H groups in total. The number of allylic oxidation sites excluding steroid dienone is 1. The second-order valence-electron chi connectivity index (χ2n) is 7.57. The summed E-state index contributed by atoms with van der Waals surface area (Å²) in [7, 11) is 3.51. The molecule has 2 aromatic carbocycles. The van der Waals surface area contributed by atoms with Gasteiger partial charge in [-0.15, -0.1) is 0 Å². The number of methoxy groups -OCH3 is 1. The molecule has 140 valence electrons.